The monoisotopic (exact) mass is 377 g/mol. The van der Waals surface area contributed by atoms with E-state index in [2.05, 4.69) is 20.1 Å². The van der Waals surface area contributed by atoms with Crippen molar-refractivity contribution in [2.24, 2.45) is 7.05 Å². The highest BCUT2D eigenvalue weighted by atomic mass is 16.2. The molecule has 0 radical (unpaired) electrons. The second-order valence-corrected chi connectivity index (χ2v) is 7.02. The summed E-state index contributed by atoms with van der Waals surface area (Å²) in [7, 11) is 1.72. The zero-order valence-electron chi connectivity index (χ0n) is 15.8. The van der Waals surface area contributed by atoms with Gasteiger partial charge < -0.3 is 14.8 Å². The molecule has 0 spiro atoms. The molecule has 1 aliphatic heterocycles. The predicted octanol–water partition coefficient (Wildman–Crippen LogP) is 1.69. The van der Waals surface area contributed by atoms with Gasteiger partial charge in [-0.3, -0.25) is 19.5 Å². The van der Waals surface area contributed by atoms with Crippen molar-refractivity contribution in [3.8, 4) is 0 Å². The van der Waals surface area contributed by atoms with Gasteiger partial charge in [0, 0.05) is 74.0 Å². The Hall–Kier alpha value is -3.19. The number of hydrogen-bond donors (Lipinski definition) is 1. The lowest BCUT2D eigenvalue weighted by molar-refractivity contribution is -0.117. The van der Waals surface area contributed by atoms with E-state index in [4.69, 9.17) is 0 Å². The lowest BCUT2D eigenvalue weighted by Gasteiger charge is -2.35. The molecule has 1 N–H and O–H groups in total. The summed E-state index contributed by atoms with van der Waals surface area (Å²) in [5.41, 5.74) is 1.77. The second-order valence-electron chi connectivity index (χ2n) is 7.02. The molecule has 28 heavy (non-hydrogen) atoms. The smallest absolute Gasteiger partial charge is 0.258 e. The first-order chi connectivity index (χ1) is 13.6. The van der Waals surface area contributed by atoms with Crippen LogP contribution in [0, 0.1) is 0 Å². The van der Waals surface area contributed by atoms with Gasteiger partial charge in [0.05, 0.1) is 6.54 Å². The van der Waals surface area contributed by atoms with E-state index in [0.29, 0.717) is 17.6 Å². The molecule has 1 fully saturated rings. The van der Waals surface area contributed by atoms with Crippen molar-refractivity contribution in [1.82, 2.24) is 14.5 Å². The Kier molecular flexibility index (Phi) is 5.08. The van der Waals surface area contributed by atoms with Crippen LogP contribution in [0.3, 0.4) is 0 Å². The highest BCUT2D eigenvalue weighted by Gasteiger charge is 2.19. The minimum absolute atomic E-state index is 0.0643. The fourth-order valence-corrected chi connectivity index (χ4v) is 3.60. The fraction of sp³-hybridized carbons (Fsp3) is 0.286. The first kappa shape index (κ1) is 18.2. The molecule has 3 heterocycles. The molecule has 7 nitrogen and oxygen atoms in total. The number of aromatic nitrogens is 2. The molecule has 4 rings (SSSR count). The Morgan fingerprint density at radius 1 is 1.04 bits per heavy atom. The second kappa shape index (κ2) is 7.82. The summed E-state index contributed by atoms with van der Waals surface area (Å²) in [5.74, 6) is -0.0643. The number of anilines is 2. The molecule has 0 bridgehead atoms. The average molecular weight is 377 g/mol. The van der Waals surface area contributed by atoms with E-state index < -0.39 is 0 Å². The quantitative estimate of drug-likeness (QED) is 0.749. The van der Waals surface area contributed by atoms with Crippen LogP contribution < -0.4 is 15.8 Å². The number of rotatable bonds is 4. The number of nitrogens with one attached hydrogen (secondary N) is 1. The van der Waals surface area contributed by atoms with Crippen LogP contribution >= 0.6 is 0 Å². The summed E-state index contributed by atoms with van der Waals surface area (Å²) >= 11 is 0. The Bertz CT molecular complexity index is 1040. The molecule has 144 valence electrons. The van der Waals surface area contributed by atoms with Crippen molar-refractivity contribution in [2.75, 3.05) is 42.9 Å². The molecule has 1 amide bonds. The van der Waals surface area contributed by atoms with Crippen LogP contribution in [-0.4, -0.2) is 53.1 Å². The van der Waals surface area contributed by atoms with Crippen LogP contribution in [0.5, 0.6) is 0 Å². The van der Waals surface area contributed by atoms with Crippen molar-refractivity contribution < 1.29 is 4.79 Å². The van der Waals surface area contributed by atoms with Crippen molar-refractivity contribution in [3.63, 3.8) is 0 Å². The Morgan fingerprint density at radius 3 is 2.54 bits per heavy atom. The third kappa shape index (κ3) is 3.75. The summed E-state index contributed by atoms with van der Waals surface area (Å²) in [6.45, 7) is 3.74. The minimum atomic E-state index is -0.0687. The largest absolute Gasteiger partial charge is 0.369 e. The Morgan fingerprint density at radius 2 is 1.79 bits per heavy atom. The van der Waals surface area contributed by atoms with Gasteiger partial charge in [-0.15, -0.1) is 0 Å². The molecule has 0 saturated carbocycles. The van der Waals surface area contributed by atoms with Gasteiger partial charge in [-0.1, -0.05) is 6.07 Å². The van der Waals surface area contributed by atoms with Crippen LogP contribution in [0.1, 0.15) is 0 Å². The molecule has 0 aliphatic carbocycles. The number of amides is 1. The third-order valence-corrected chi connectivity index (χ3v) is 5.16. The molecule has 2 aromatic heterocycles. The van der Waals surface area contributed by atoms with E-state index >= 15 is 0 Å². The van der Waals surface area contributed by atoms with Gasteiger partial charge in [0.1, 0.15) is 0 Å². The van der Waals surface area contributed by atoms with E-state index in [1.165, 1.54) is 4.57 Å². The molecular formula is C21H23N5O2. The highest BCUT2D eigenvalue weighted by Crippen LogP contribution is 2.21. The topological polar surface area (TPSA) is 70.5 Å². The van der Waals surface area contributed by atoms with E-state index in [9.17, 15) is 9.59 Å². The zero-order chi connectivity index (χ0) is 19.5. The fourth-order valence-electron chi connectivity index (χ4n) is 3.60. The van der Waals surface area contributed by atoms with Crippen molar-refractivity contribution in [2.45, 2.75) is 0 Å². The predicted molar refractivity (Wildman–Crippen MR) is 111 cm³/mol. The number of hydrogen-bond acceptors (Lipinski definition) is 5. The summed E-state index contributed by atoms with van der Waals surface area (Å²) in [6, 6.07) is 11.3. The molecule has 3 aromatic rings. The lowest BCUT2D eigenvalue weighted by Crippen LogP contribution is -2.48. The average Bonchev–Trinajstić information content (AvgIpc) is 2.72. The maximum absolute atomic E-state index is 12.6. The van der Waals surface area contributed by atoms with Crippen molar-refractivity contribution in [3.05, 3.63) is 65.3 Å². The minimum Gasteiger partial charge on any atom is -0.369 e. The Labute approximate surface area is 163 Å². The first-order valence-corrected chi connectivity index (χ1v) is 9.37. The maximum Gasteiger partial charge on any atom is 0.258 e. The molecule has 0 atom stereocenters. The van der Waals surface area contributed by atoms with E-state index in [1.807, 2.05) is 24.3 Å². The number of benzene rings is 1. The lowest BCUT2D eigenvalue weighted by atomic mass is 10.1. The number of pyridine rings is 2. The number of nitrogens with zero attached hydrogens (tertiary/aromatic N) is 4. The summed E-state index contributed by atoms with van der Waals surface area (Å²) in [5, 5.41) is 4.34. The van der Waals surface area contributed by atoms with Gasteiger partial charge in [-0.2, -0.15) is 0 Å². The maximum atomic E-state index is 12.6. The van der Waals surface area contributed by atoms with Gasteiger partial charge in [0.2, 0.25) is 5.91 Å². The van der Waals surface area contributed by atoms with Gasteiger partial charge in [0.15, 0.2) is 0 Å². The summed E-state index contributed by atoms with van der Waals surface area (Å²) in [4.78, 5) is 33.3. The number of aryl methyl sites for hydroxylation is 1. The molecule has 1 saturated heterocycles. The molecular weight excluding hydrogens is 354 g/mol. The number of carbonyl (C=O) groups is 1. The highest BCUT2D eigenvalue weighted by molar-refractivity contribution is 6.02. The van der Waals surface area contributed by atoms with Crippen LogP contribution in [0.15, 0.2) is 59.8 Å². The van der Waals surface area contributed by atoms with Gasteiger partial charge in [0.25, 0.3) is 5.56 Å². The first-order valence-electron chi connectivity index (χ1n) is 9.37. The number of carbonyl (C=O) groups excluding carboxylic acids is 1. The molecule has 1 aromatic carbocycles. The molecule has 0 unspecified atom stereocenters. The Balaban J connectivity index is 1.39. The standard InChI is InChI=1S/C21H23N5O2/c1-24-10-7-17-18(21(24)28)3-2-4-19(17)23-20(27)15-25-11-13-26(14-12-25)16-5-8-22-9-6-16/h2-10H,11-15H2,1H3,(H,23,27). The van der Waals surface area contributed by atoms with E-state index in [1.54, 1.807) is 37.8 Å². The van der Waals surface area contributed by atoms with Crippen molar-refractivity contribution >= 4 is 28.1 Å². The van der Waals surface area contributed by atoms with Gasteiger partial charge >= 0.3 is 0 Å². The van der Waals surface area contributed by atoms with Crippen LogP contribution in [0.2, 0.25) is 0 Å². The number of piperazine rings is 1. The van der Waals surface area contributed by atoms with Crippen LogP contribution in [0.4, 0.5) is 11.4 Å². The van der Waals surface area contributed by atoms with Gasteiger partial charge in [-0.05, 0) is 30.3 Å². The molecule has 1 aliphatic rings. The van der Waals surface area contributed by atoms with Crippen LogP contribution in [-0.2, 0) is 11.8 Å². The van der Waals surface area contributed by atoms with Crippen molar-refractivity contribution in [1.29, 1.82) is 0 Å². The summed E-state index contributed by atoms with van der Waals surface area (Å²) in [6.07, 6.45) is 5.32. The molecule has 7 heteroatoms. The van der Waals surface area contributed by atoms with E-state index in [0.717, 1.165) is 37.3 Å². The van der Waals surface area contributed by atoms with Gasteiger partial charge in [-0.25, -0.2) is 0 Å². The zero-order valence-corrected chi connectivity index (χ0v) is 15.8. The SMILES string of the molecule is Cn1ccc2c(NC(=O)CN3CCN(c4ccncc4)CC3)cccc2c1=O. The van der Waals surface area contributed by atoms with Crippen LogP contribution in [0.25, 0.3) is 10.8 Å². The third-order valence-electron chi connectivity index (χ3n) is 5.16. The summed E-state index contributed by atoms with van der Waals surface area (Å²) < 4.78 is 1.54. The number of fused-ring (bicyclic) bond motifs is 1. The van der Waals surface area contributed by atoms with E-state index in [-0.39, 0.29) is 11.5 Å². The normalized spacial score (nSPS) is 15.0.